The van der Waals surface area contributed by atoms with Crippen LogP contribution < -0.4 is 0 Å². The topological polar surface area (TPSA) is 46.8 Å². The SMILES string of the molecule is CCN(CC)CCn1nnc(-c2ccc(Br)cc2)n1.Cl. The molecule has 1 aromatic heterocycles. The number of nitrogens with zero attached hydrogens (tertiary/aromatic N) is 5. The molecule has 1 aromatic carbocycles. The molecule has 2 aromatic rings. The summed E-state index contributed by atoms with van der Waals surface area (Å²) in [5.41, 5.74) is 0.984. The number of halogens is 2. The van der Waals surface area contributed by atoms with Gasteiger partial charge < -0.3 is 4.90 Å². The van der Waals surface area contributed by atoms with Gasteiger partial charge in [0.25, 0.3) is 0 Å². The van der Waals surface area contributed by atoms with E-state index in [-0.39, 0.29) is 12.4 Å². The molecule has 0 unspecified atom stereocenters. The van der Waals surface area contributed by atoms with Gasteiger partial charge in [0.05, 0.1) is 6.54 Å². The van der Waals surface area contributed by atoms with E-state index in [1.54, 1.807) is 4.80 Å². The van der Waals surface area contributed by atoms with Gasteiger partial charge in [-0.2, -0.15) is 4.80 Å². The number of tetrazole rings is 1. The van der Waals surface area contributed by atoms with Crippen molar-refractivity contribution in [2.24, 2.45) is 0 Å². The molecular weight excluding hydrogens is 342 g/mol. The van der Waals surface area contributed by atoms with Gasteiger partial charge in [0.1, 0.15) is 0 Å². The Labute approximate surface area is 133 Å². The summed E-state index contributed by atoms with van der Waals surface area (Å²) in [5.74, 6) is 0.673. The Morgan fingerprint density at radius 2 is 1.80 bits per heavy atom. The molecular formula is C13H19BrClN5. The van der Waals surface area contributed by atoms with Crippen molar-refractivity contribution in [3.05, 3.63) is 28.7 Å². The average Bonchev–Trinajstić information content (AvgIpc) is 2.89. The van der Waals surface area contributed by atoms with Gasteiger partial charge in [-0.3, -0.25) is 0 Å². The van der Waals surface area contributed by atoms with Crippen LogP contribution in [0.15, 0.2) is 28.7 Å². The first-order valence-corrected chi connectivity index (χ1v) is 7.28. The normalized spacial score (nSPS) is 10.6. The Hall–Kier alpha value is -0.980. The molecule has 0 fully saturated rings. The van der Waals surface area contributed by atoms with Crippen LogP contribution in [0.2, 0.25) is 0 Å². The number of rotatable bonds is 6. The molecule has 0 spiro atoms. The summed E-state index contributed by atoms with van der Waals surface area (Å²) >= 11 is 3.41. The molecule has 0 bridgehead atoms. The Kier molecular flexibility index (Phi) is 7.12. The molecule has 1 heterocycles. The van der Waals surface area contributed by atoms with Gasteiger partial charge in [-0.25, -0.2) is 0 Å². The van der Waals surface area contributed by atoms with Gasteiger partial charge in [-0.15, -0.1) is 22.6 Å². The van der Waals surface area contributed by atoms with Gasteiger partial charge >= 0.3 is 0 Å². The minimum absolute atomic E-state index is 0. The third kappa shape index (κ3) is 4.54. The minimum Gasteiger partial charge on any atom is -0.302 e. The molecule has 0 atom stereocenters. The van der Waals surface area contributed by atoms with Crippen molar-refractivity contribution in [1.29, 1.82) is 0 Å². The van der Waals surface area contributed by atoms with Crippen LogP contribution in [-0.2, 0) is 6.54 Å². The Balaban J connectivity index is 0.00000200. The number of hydrogen-bond donors (Lipinski definition) is 0. The minimum atomic E-state index is 0. The van der Waals surface area contributed by atoms with Crippen LogP contribution in [0, 0.1) is 0 Å². The van der Waals surface area contributed by atoms with E-state index in [4.69, 9.17) is 0 Å². The number of aromatic nitrogens is 4. The zero-order chi connectivity index (χ0) is 13.7. The van der Waals surface area contributed by atoms with Crippen LogP contribution >= 0.6 is 28.3 Å². The van der Waals surface area contributed by atoms with Gasteiger partial charge in [0, 0.05) is 16.6 Å². The lowest BCUT2D eigenvalue weighted by Crippen LogP contribution is -2.27. The lowest BCUT2D eigenvalue weighted by molar-refractivity contribution is 0.277. The molecule has 0 aliphatic heterocycles. The molecule has 0 aliphatic rings. The van der Waals surface area contributed by atoms with E-state index < -0.39 is 0 Å². The maximum Gasteiger partial charge on any atom is 0.204 e. The molecule has 5 nitrogen and oxygen atoms in total. The first kappa shape index (κ1) is 17.1. The Bertz CT molecular complexity index is 510. The highest BCUT2D eigenvalue weighted by molar-refractivity contribution is 9.10. The monoisotopic (exact) mass is 359 g/mol. The van der Waals surface area contributed by atoms with E-state index in [9.17, 15) is 0 Å². The molecule has 7 heteroatoms. The van der Waals surface area contributed by atoms with Crippen molar-refractivity contribution in [3.63, 3.8) is 0 Å². The highest BCUT2D eigenvalue weighted by Crippen LogP contribution is 2.17. The van der Waals surface area contributed by atoms with Gasteiger partial charge in [0.15, 0.2) is 0 Å². The molecule has 2 rings (SSSR count). The highest BCUT2D eigenvalue weighted by Gasteiger charge is 2.06. The summed E-state index contributed by atoms with van der Waals surface area (Å²) in [4.78, 5) is 4.00. The predicted octanol–water partition coefficient (Wildman–Crippen LogP) is 2.87. The molecule has 0 saturated carbocycles. The van der Waals surface area contributed by atoms with Crippen LogP contribution in [0.25, 0.3) is 11.4 Å². The molecule has 0 saturated heterocycles. The molecule has 0 radical (unpaired) electrons. The van der Waals surface area contributed by atoms with Gasteiger partial charge in [0.2, 0.25) is 5.82 Å². The Morgan fingerprint density at radius 1 is 1.15 bits per heavy atom. The van der Waals surface area contributed by atoms with Crippen molar-refractivity contribution in [3.8, 4) is 11.4 Å². The van der Waals surface area contributed by atoms with Crippen LogP contribution in [0.3, 0.4) is 0 Å². The number of hydrogen-bond acceptors (Lipinski definition) is 4. The van der Waals surface area contributed by atoms with Crippen LogP contribution in [0.1, 0.15) is 13.8 Å². The van der Waals surface area contributed by atoms with Gasteiger partial charge in [-0.05, 0) is 42.6 Å². The van der Waals surface area contributed by atoms with Crippen LogP contribution in [0.4, 0.5) is 0 Å². The average molecular weight is 361 g/mol. The summed E-state index contributed by atoms with van der Waals surface area (Å²) in [6.07, 6.45) is 0. The van der Waals surface area contributed by atoms with Crippen LogP contribution in [0.5, 0.6) is 0 Å². The van der Waals surface area contributed by atoms with Gasteiger partial charge in [-0.1, -0.05) is 29.8 Å². The first-order valence-electron chi connectivity index (χ1n) is 6.49. The predicted molar refractivity (Wildman–Crippen MR) is 86.0 cm³/mol. The zero-order valence-corrected chi connectivity index (χ0v) is 14.1. The van der Waals surface area contributed by atoms with E-state index in [2.05, 4.69) is 50.1 Å². The molecule has 0 amide bonds. The highest BCUT2D eigenvalue weighted by atomic mass is 79.9. The van der Waals surface area contributed by atoms with E-state index in [1.807, 2.05) is 24.3 Å². The van der Waals surface area contributed by atoms with E-state index >= 15 is 0 Å². The number of likely N-dealkylation sites (N-methyl/N-ethyl adjacent to an activating group) is 1. The third-order valence-corrected chi connectivity index (χ3v) is 3.59. The lowest BCUT2D eigenvalue weighted by atomic mass is 10.2. The second-order valence-electron chi connectivity index (χ2n) is 4.24. The van der Waals surface area contributed by atoms with Crippen LogP contribution in [-0.4, -0.2) is 44.7 Å². The smallest absolute Gasteiger partial charge is 0.204 e. The summed E-state index contributed by atoms with van der Waals surface area (Å²) in [5, 5.41) is 12.6. The molecule has 110 valence electrons. The Morgan fingerprint density at radius 3 is 2.40 bits per heavy atom. The van der Waals surface area contributed by atoms with E-state index in [0.717, 1.165) is 36.2 Å². The fourth-order valence-corrected chi connectivity index (χ4v) is 2.09. The summed E-state index contributed by atoms with van der Waals surface area (Å²) in [6, 6.07) is 7.92. The fourth-order valence-electron chi connectivity index (χ4n) is 1.82. The standard InChI is InChI=1S/C13H18BrN5.ClH/c1-3-18(4-2)9-10-19-16-13(15-17-19)11-5-7-12(14)8-6-11;/h5-8H,3-4,9-10H2,1-2H3;1H. The van der Waals surface area contributed by atoms with Crippen molar-refractivity contribution in [2.45, 2.75) is 20.4 Å². The maximum atomic E-state index is 4.40. The largest absolute Gasteiger partial charge is 0.302 e. The summed E-state index contributed by atoms with van der Waals surface area (Å²) < 4.78 is 1.05. The number of benzene rings is 1. The second kappa shape index (κ2) is 8.34. The molecule has 20 heavy (non-hydrogen) atoms. The summed E-state index contributed by atoms with van der Waals surface area (Å²) in [7, 11) is 0. The molecule has 0 N–H and O–H groups in total. The van der Waals surface area contributed by atoms with Crippen molar-refractivity contribution in [1.82, 2.24) is 25.1 Å². The lowest BCUT2D eigenvalue weighted by Gasteiger charge is -2.16. The van der Waals surface area contributed by atoms with Crippen molar-refractivity contribution in [2.75, 3.05) is 19.6 Å². The third-order valence-electron chi connectivity index (χ3n) is 3.07. The second-order valence-corrected chi connectivity index (χ2v) is 5.16. The van der Waals surface area contributed by atoms with E-state index in [1.165, 1.54) is 0 Å². The zero-order valence-electron chi connectivity index (χ0n) is 11.7. The van der Waals surface area contributed by atoms with Crippen molar-refractivity contribution >= 4 is 28.3 Å². The fraction of sp³-hybridized carbons (Fsp3) is 0.462. The van der Waals surface area contributed by atoms with Crippen molar-refractivity contribution < 1.29 is 0 Å². The summed E-state index contributed by atoms with van der Waals surface area (Å²) in [6.45, 7) is 8.13. The van der Waals surface area contributed by atoms with E-state index in [0.29, 0.717) is 5.82 Å². The maximum absolute atomic E-state index is 4.40. The first-order chi connectivity index (χ1) is 9.22. The molecule has 0 aliphatic carbocycles. The quantitative estimate of drug-likeness (QED) is 0.795.